The maximum absolute atomic E-state index is 5.82. The predicted octanol–water partition coefficient (Wildman–Crippen LogP) is 4.33. The maximum Gasteiger partial charge on any atom is 0.0407 e. The van der Waals surface area contributed by atoms with E-state index in [2.05, 4.69) is 19.2 Å². The molecule has 0 spiro atoms. The summed E-state index contributed by atoms with van der Waals surface area (Å²) >= 11 is 5.82. The van der Waals surface area contributed by atoms with Gasteiger partial charge in [0.25, 0.3) is 0 Å². The quantitative estimate of drug-likeness (QED) is 0.765. The van der Waals surface area contributed by atoms with Crippen molar-refractivity contribution < 1.29 is 0 Å². The minimum Gasteiger partial charge on any atom is -0.382 e. The van der Waals surface area contributed by atoms with Crippen molar-refractivity contribution in [1.82, 2.24) is 0 Å². The van der Waals surface area contributed by atoms with E-state index in [4.69, 9.17) is 11.6 Å². The first-order chi connectivity index (χ1) is 6.76. The number of benzene rings is 1. The summed E-state index contributed by atoms with van der Waals surface area (Å²) < 4.78 is 0. The molecule has 0 fully saturated rings. The highest BCUT2D eigenvalue weighted by molar-refractivity contribution is 6.30. The topological polar surface area (TPSA) is 12.0 Å². The summed E-state index contributed by atoms with van der Waals surface area (Å²) in [6, 6.07) is 8.48. The van der Waals surface area contributed by atoms with Crippen molar-refractivity contribution in [1.29, 1.82) is 0 Å². The molecule has 0 aliphatic heterocycles. The number of hydrogen-bond donors (Lipinski definition) is 1. The lowest BCUT2D eigenvalue weighted by Gasteiger charge is -2.17. The predicted molar refractivity (Wildman–Crippen MR) is 64.1 cm³/mol. The van der Waals surface area contributed by atoms with Gasteiger partial charge in [-0.1, -0.05) is 31.9 Å². The van der Waals surface area contributed by atoms with E-state index >= 15 is 0 Å². The average Bonchev–Trinajstić information content (AvgIpc) is 2.20. The molecule has 0 bridgehead atoms. The van der Waals surface area contributed by atoms with E-state index in [1.807, 2.05) is 24.3 Å². The monoisotopic (exact) mass is 211 g/mol. The van der Waals surface area contributed by atoms with Crippen LogP contribution in [-0.2, 0) is 0 Å². The molecule has 1 atom stereocenters. The van der Waals surface area contributed by atoms with Crippen LogP contribution >= 0.6 is 11.6 Å². The highest BCUT2D eigenvalue weighted by atomic mass is 35.5. The van der Waals surface area contributed by atoms with Crippen LogP contribution in [0.2, 0.25) is 5.02 Å². The molecule has 0 aromatic heterocycles. The normalized spacial score (nSPS) is 12.5. The standard InChI is InChI=1S/C12H18ClN/c1-3-5-11(4-2)14-12-8-6-10(13)7-9-12/h6-9,11,14H,3-5H2,1-2H3. The molecular formula is C12H18ClN. The molecule has 0 radical (unpaired) electrons. The molecule has 2 heteroatoms. The van der Waals surface area contributed by atoms with Gasteiger partial charge in [0, 0.05) is 16.8 Å². The second kappa shape index (κ2) is 5.92. The van der Waals surface area contributed by atoms with Gasteiger partial charge in [0.15, 0.2) is 0 Å². The average molecular weight is 212 g/mol. The molecule has 0 aliphatic carbocycles. The molecule has 1 rings (SSSR count). The highest BCUT2D eigenvalue weighted by Crippen LogP contribution is 2.16. The van der Waals surface area contributed by atoms with Gasteiger partial charge < -0.3 is 5.32 Å². The molecule has 0 saturated heterocycles. The number of hydrogen-bond acceptors (Lipinski definition) is 1. The highest BCUT2D eigenvalue weighted by Gasteiger charge is 2.03. The van der Waals surface area contributed by atoms with E-state index in [0.717, 1.165) is 17.1 Å². The first-order valence-electron chi connectivity index (χ1n) is 5.28. The molecule has 1 aromatic carbocycles. The largest absolute Gasteiger partial charge is 0.382 e. The van der Waals surface area contributed by atoms with Gasteiger partial charge in [0.2, 0.25) is 0 Å². The summed E-state index contributed by atoms with van der Waals surface area (Å²) in [5, 5.41) is 4.29. The van der Waals surface area contributed by atoms with Crippen LogP contribution in [0.1, 0.15) is 33.1 Å². The zero-order valence-corrected chi connectivity index (χ0v) is 9.64. The van der Waals surface area contributed by atoms with E-state index in [0.29, 0.717) is 6.04 Å². The Morgan fingerprint density at radius 3 is 2.36 bits per heavy atom. The van der Waals surface area contributed by atoms with Crippen molar-refractivity contribution in [2.45, 2.75) is 39.2 Å². The van der Waals surface area contributed by atoms with Crippen molar-refractivity contribution in [3.8, 4) is 0 Å². The SMILES string of the molecule is CCCC(CC)Nc1ccc(Cl)cc1. The van der Waals surface area contributed by atoms with Gasteiger partial charge in [-0.05, 0) is 37.1 Å². The Morgan fingerprint density at radius 1 is 1.21 bits per heavy atom. The third-order valence-corrected chi connectivity index (χ3v) is 2.60. The maximum atomic E-state index is 5.82. The van der Waals surface area contributed by atoms with E-state index in [9.17, 15) is 0 Å². The van der Waals surface area contributed by atoms with Gasteiger partial charge in [0.1, 0.15) is 0 Å². The first kappa shape index (κ1) is 11.4. The van der Waals surface area contributed by atoms with Gasteiger partial charge in [0.05, 0.1) is 0 Å². The molecule has 0 amide bonds. The van der Waals surface area contributed by atoms with E-state index in [1.165, 1.54) is 12.8 Å². The van der Waals surface area contributed by atoms with Crippen LogP contribution in [0.5, 0.6) is 0 Å². The van der Waals surface area contributed by atoms with Gasteiger partial charge in [-0.25, -0.2) is 0 Å². The fraction of sp³-hybridized carbons (Fsp3) is 0.500. The van der Waals surface area contributed by atoms with Crippen molar-refractivity contribution in [2.24, 2.45) is 0 Å². The van der Waals surface area contributed by atoms with Gasteiger partial charge in [-0.15, -0.1) is 0 Å². The van der Waals surface area contributed by atoms with Gasteiger partial charge in [-0.3, -0.25) is 0 Å². The summed E-state index contributed by atoms with van der Waals surface area (Å²) in [4.78, 5) is 0. The Morgan fingerprint density at radius 2 is 1.86 bits per heavy atom. The molecule has 0 aliphatic rings. The Hall–Kier alpha value is -0.690. The van der Waals surface area contributed by atoms with Crippen LogP contribution in [0, 0.1) is 0 Å². The van der Waals surface area contributed by atoms with Crippen molar-refractivity contribution in [2.75, 3.05) is 5.32 Å². The minimum atomic E-state index is 0.584. The molecule has 1 nitrogen and oxygen atoms in total. The Labute approximate surface area is 91.5 Å². The minimum absolute atomic E-state index is 0.584. The molecule has 0 saturated carbocycles. The molecule has 14 heavy (non-hydrogen) atoms. The van der Waals surface area contributed by atoms with Crippen molar-refractivity contribution in [3.63, 3.8) is 0 Å². The van der Waals surface area contributed by atoms with E-state index in [-0.39, 0.29) is 0 Å². The Balaban J connectivity index is 2.53. The lowest BCUT2D eigenvalue weighted by Crippen LogP contribution is -2.17. The number of nitrogens with one attached hydrogen (secondary N) is 1. The third kappa shape index (κ3) is 3.59. The summed E-state index contributed by atoms with van der Waals surface area (Å²) in [6.07, 6.45) is 3.61. The lowest BCUT2D eigenvalue weighted by atomic mass is 10.1. The summed E-state index contributed by atoms with van der Waals surface area (Å²) in [5.74, 6) is 0. The number of rotatable bonds is 5. The Kier molecular flexibility index (Phi) is 4.81. The summed E-state index contributed by atoms with van der Waals surface area (Å²) in [5.41, 5.74) is 1.16. The zero-order chi connectivity index (χ0) is 10.4. The van der Waals surface area contributed by atoms with Crippen LogP contribution in [0.3, 0.4) is 0 Å². The van der Waals surface area contributed by atoms with Crippen LogP contribution in [0.4, 0.5) is 5.69 Å². The second-order valence-corrected chi connectivity index (χ2v) is 3.98. The van der Waals surface area contributed by atoms with Crippen LogP contribution < -0.4 is 5.32 Å². The smallest absolute Gasteiger partial charge is 0.0407 e. The van der Waals surface area contributed by atoms with Crippen molar-refractivity contribution >= 4 is 17.3 Å². The molecule has 1 N–H and O–H groups in total. The molecule has 1 aromatic rings. The fourth-order valence-electron chi connectivity index (χ4n) is 1.51. The van der Waals surface area contributed by atoms with Crippen LogP contribution in [-0.4, -0.2) is 6.04 Å². The summed E-state index contributed by atoms with van der Waals surface area (Å²) in [6.45, 7) is 4.43. The van der Waals surface area contributed by atoms with Crippen molar-refractivity contribution in [3.05, 3.63) is 29.3 Å². The molecule has 78 valence electrons. The molecule has 0 heterocycles. The second-order valence-electron chi connectivity index (χ2n) is 3.55. The van der Waals surface area contributed by atoms with Crippen LogP contribution in [0.25, 0.3) is 0 Å². The Bertz CT molecular complexity index is 256. The zero-order valence-electron chi connectivity index (χ0n) is 8.89. The van der Waals surface area contributed by atoms with Gasteiger partial charge in [-0.2, -0.15) is 0 Å². The van der Waals surface area contributed by atoms with E-state index in [1.54, 1.807) is 0 Å². The third-order valence-electron chi connectivity index (χ3n) is 2.34. The van der Waals surface area contributed by atoms with Crippen LogP contribution in [0.15, 0.2) is 24.3 Å². The fourth-order valence-corrected chi connectivity index (χ4v) is 1.63. The summed E-state index contributed by atoms with van der Waals surface area (Å²) in [7, 11) is 0. The molecule has 1 unspecified atom stereocenters. The van der Waals surface area contributed by atoms with E-state index < -0.39 is 0 Å². The lowest BCUT2D eigenvalue weighted by molar-refractivity contribution is 0.623. The number of halogens is 1. The van der Waals surface area contributed by atoms with Gasteiger partial charge >= 0.3 is 0 Å². The number of anilines is 1. The first-order valence-corrected chi connectivity index (χ1v) is 5.66. The molecular weight excluding hydrogens is 194 g/mol.